The molecule has 0 atom stereocenters. The SMILES string of the molecule is CCc1cccc2sc(N(CCN3CCOCC3)C(=O)c3ccnn3CC)nc12. The molecule has 2 aromatic heterocycles. The number of para-hydroxylation sites is 1. The number of anilines is 1. The van der Waals surface area contributed by atoms with E-state index in [9.17, 15) is 4.79 Å². The summed E-state index contributed by atoms with van der Waals surface area (Å²) in [6, 6.07) is 8.04. The van der Waals surface area contributed by atoms with Crippen LogP contribution in [0.4, 0.5) is 5.13 Å². The fourth-order valence-electron chi connectivity index (χ4n) is 3.65. The van der Waals surface area contributed by atoms with Gasteiger partial charge in [0.05, 0.1) is 23.4 Å². The fraction of sp³-hybridized carbons (Fsp3) is 0.476. The van der Waals surface area contributed by atoms with Crippen molar-refractivity contribution in [2.24, 2.45) is 0 Å². The van der Waals surface area contributed by atoms with Gasteiger partial charge >= 0.3 is 0 Å². The monoisotopic (exact) mass is 413 g/mol. The lowest BCUT2D eigenvalue weighted by molar-refractivity contribution is 0.0391. The highest BCUT2D eigenvalue weighted by Gasteiger charge is 2.25. The first kappa shape index (κ1) is 20.0. The lowest BCUT2D eigenvalue weighted by Crippen LogP contribution is -2.43. The van der Waals surface area contributed by atoms with E-state index in [4.69, 9.17) is 9.72 Å². The molecule has 1 fully saturated rings. The maximum atomic E-state index is 13.5. The lowest BCUT2D eigenvalue weighted by atomic mass is 10.1. The van der Waals surface area contributed by atoms with Crippen LogP contribution in [0.3, 0.4) is 0 Å². The third-order valence-electron chi connectivity index (χ3n) is 5.33. The molecule has 1 aliphatic rings. The van der Waals surface area contributed by atoms with E-state index >= 15 is 0 Å². The lowest BCUT2D eigenvalue weighted by Gasteiger charge is -2.29. The number of nitrogens with zero attached hydrogens (tertiary/aromatic N) is 5. The highest BCUT2D eigenvalue weighted by molar-refractivity contribution is 7.22. The smallest absolute Gasteiger partial charge is 0.278 e. The summed E-state index contributed by atoms with van der Waals surface area (Å²) in [6.45, 7) is 9.47. The van der Waals surface area contributed by atoms with Crippen LogP contribution in [-0.2, 0) is 17.7 Å². The number of hydrogen-bond donors (Lipinski definition) is 0. The molecular formula is C21H27N5O2S. The Morgan fingerprint density at radius 2 is 2.07 bits per heavy atom. The molecule has 0 radical (unpaired) electrons. The standard InChI is InChI=1S/C21H27N5O2S/c1-3-16-6-5-7-18-19(16)23-21(29-18)25(11-10-24-12-14-28-15-13-24)20(27)17-8-9-22-26(17)4-2/h5-9H,3-4,10-15H2,1-2H3. The van der Waals surface area contributed by atoms with Crippen molar-refractivity contribution in [2.75, 3.05) is 44.3 Å². The van der Waals surface area contributed by atoms with Crippen LogP contribution in [0.5, 0.6) is 0 Å². The predicted octanol–water partition coefficient (Wildman–Crippen LogP) is 3.05. The number of rotatable bonds is 7. The van der Waals surface area contributed by atoms with Crippen LogP contribution in [0.1, 0.15) is 29.9 Å². The van der Waals surface area contributed by atoms with Gasteiger partial charge in [0.1, 0.15) is 5.69 Å². The molecule has 8 heteroatoms. The highest BCUT2D eigenvalue weighted by Crippen LogP contribution is 2.31. The molecule has 0 bridgehead atoms. The number of aryl methyl sites for hydroxylation is 2. The summed E-state index contributed by atoms with van der Waals surface area (Å²) in [5, 5.41) is 5.03. The summed E-state index contributed by atoms with van der Waals surface area (Å²) < 4.78 is 8.31. The number of carbonyl (C=O) groups is 1. The van der Waals surface area contributed by atoms with Crippen molar-refractivity contribution in [1.29, 1.82) is 0 Å². The molecule has 0 spiro atoms. The second kappa shape index (κ2) is 9.02. The van der Waals surface area contributed by atoms with Gasteiger partial charge < -0.3 is 4.74 Å². The summed E-state index contributed by atoms with van der Waals surface area (Å²) in [5.41, 5.74) is 2.82. The fourth-order valence-corrected chi connectivity index (χ4v) is 4.69. The molecule has 0 aliphatic carbocycles. The first-order valence-corrected chi connectivity index (χ1v) is 11.0. The van der Waals surface area contributed by atoms with Gasteiger partial charge in [-0.1, -0.05) is 30.4 Å². The minimum atomic E-state index is -0.0466. The highest BCUT2D eigenvalue weighted by atomic mass is 32.1. The van der Waals surface area contributed by atoms with Crippen molar-refractivity contribution >= 4 is 32.6 Å². The molecule has 4 rings (SSSR count). The molecule has 1 aliphatic heterocycles. The van der Waals surface area contributed by atoms with Gasteiger partial charge in [-0.05, 0) is 31.0 Å². The number of benzene rings is 1. The van der Waals surface area contributed by atoms with Gasteiger partial charge in [-0.3, -0.25) is 19.3 Å². The molecule has 29 heavy (non-hydrogen) atoms. The Labute approximate surface area is 174 Å². The molecule has 7 nitrogen and oxygen atoms in total. The number of carbonyl (C=O) groups excluding carboxylic acids is 1. The quantitative estimate of drug-likeness (QED) is 0.596. The number of aromatic nitrogens is 3. The van der Waals surface area contributed by atoms with Crippen molar-refractivity contribution < 1.29 is 9.53 Å². The zero-order valence-corrected chi connectivity index (χ0v) is 17.8. The Kier molecular flexibility index (Phi) is 6.22. The average Bonchev–Trinajstić information content (AvgIpc) is 3.41. The molecule has 3 heterocycles. The van der Waals surface area contributed by atoms with Gasteiger partial charge in [0.25, 0.3) is 5.91 Å². The summed E-state index contributed by atoms with van der Waals surface area (Å²) >= 11 is 1.58. The van der Waals surface area contributed by atoms with Gasteiger partial charge in [0.15, 0.2) is 5.13 Å². The molecule has 1 aromatic carbocycles. The molecule has 154 valence electrons. The van der Waals surface area contributed by atoms with E-state index in [2.05, 4.69) is 35.1 Å². The summed E-state index contributed by atoms with van der Waals surface area (Å²) in [5.74, 6) is -0.0466. The molecule has 0 N–H and O–H groups in total. The average molecular weight is 414 g/mol. The Hall–Kier alpha value is -2.29. The van der Waals surface area contributed by atoms with Crippen molar-refractivity contribution in [3.63, 3.8) is 0 Å². The Morgan fingerprint density at radius 1 is 1.24 bits per heavy atom. The number of thiazole rings is 1. The number of morpholine rings is 1. The van der Waals surface area contributed by atoms with Crippen LogP contribution in [0.15, 0.2) is 30.5 Å². The normalized spacial score (nSPS) is 15.1. The molecular weight excluding hydrogens is 386 g/mol. The van der Waals surface area contributed by atoms with Crippen LogP contribution >= 0.6 is 11.3 Å². The van der Waals surface area contributed by atoms with Crippen molar-refractivity contribution in [3.05, 3.63) is 41.7 Å². The van der Waals surface area contributed by atoms with E-state index in [1.54, 1.807) is 28.3 Å². The first-order valence-electron chi connectivity index (χ1n) is 10.2. The Bertz CT molecular complexity index is 977. The predicted molar refractivity (Wildman–Crippen MR) is 116 cm³/mol. The third-order valence-corrected chi connectivity index (χ3v) is 6.37. The van der Waals surface area contributed by atoms with Crippen molar-refractivity contribution in [3.8, 4) is 0 Å². The maximum Gasteiger partial charge on any atom is 0.278 e. The minimum absolute atomic E-state index is 0.0466. The summed E-state index contributed by atoms with van der Waals surface area (Å²) in [6.07, 6.45) is 2.61. The number of hydrogen-bond acceptors (Lipinski definition) is 6. The van der Waals surface area contributed by atoms with Crippen molar-refractivity contribution in [1.82, 2.24) is 19.7 Å². The maximum absolute atomic E-state index is 13.5. The van der Waals surface area contributed by atoms with Gasteiger partial charge in [-0.2, -0.15) is 5.10 Å². The van der Waals surface area contributed by atoms with Crippen molar-refractivity contribution in [2.45, 2.75) is 26.8 Å². The zero-order valence-electron chi connectivity index (χ0n) is 17.0. The van der Waals surface area contributed by atoms with E-state index in [1.807, 2.05) is 11.8 Å². The van der Waals surface area contributed by atoms with E-state index in [1.165, 1.54) is 5.56 Å². The number of fused-ring (bicyclic) bond motifs is 1. The summed E-state index contributed by atoms with van der Waals surface area (Å²) in [4.78, 5) is 22.5. The second-order valence-corrected chi connectivity index (χ2v) is 8.07. The van der Waals surface area contributed by atoms with Crippen LogP contribution in [0.2, 0.25) is 0 Å². The van der Waals surface area contributed by atoms with Crippen LogP contribution < -0.4 is 4.90 Å². The topological polar surface area (TPSA) is 63.5 Å². The molecule has 0 unspecified atom stereocenters. The Balaban J connectivity index is 1.66. The molecule has 0 saturated carbocycles. The largest absolute Gasteiger partial charge is 0.379 e. The van der Waals surface area contributed by atoms with Gasteiger partial charge in [-0.25, -0.2) is 4.98 Å². The first-order chi connectivity index (χ1) is 14.2. The van der Waals surface area contributed by atoms with E-state index in [0.29, 0.717) is 18.8 Å². The van der Waals surface area contributed by atoms with Gasteiger partial charge in [-0.15, -0.1) is 0 Å². The minimum Gasteiger partial charge on any atom is -0.379 e. The van der Waals surface area contributed by atoms with Gasteiger partial charge in [0, 0.05) is 38.9 Å². The van der Waals surface area contributed by atoms with Gasteiger partial charge in [0.2, 0.25) is 0 Å². The zero-order chi connectivity index (χ0) is 20.2. The van der Waals surface area contributed by atoms with E-state index in [-0.39, 0.29) is 5.91 Å². The molecule has 3 aromatic rings. The van der Waals surface area contributed by atoms with Crippen LogP contribution in [0, 0.1) is 0 Å². The van der Waals surface area contributed by atoms with Crippen LogP contribution in [0.25, 0.3) is 10.2 Å². The number of amides is 1. The second-order valence-electron chi connectivity index (χ2n) is 7.06. The molecule has 1 amide bonds. The number of ether oxygens (including phenoxy) is 1. The molecule has 1 saturated heterocycles. The third kappa shape index (κ3) is 4.19. The van der Waals surface area contributed by atoms with E-state index < -0.39 is 0 Å². The Morgan fingerprint density at radius 3 is 2.83 bits per heavy atom. The van der Waals surface area contributed by atoms with E-state index in [0.717, 1.165) is 54.6 Å². The summed E-state index contributed by atoms with van der Waals surface area (Å²) in [7, 11) is 0. The van der Waals surface area contributed by atoms with Crippen LogP contribution in [-0.4, -0.2) is 65.0 Å².